The van der Waals surface area contributed by atoms with Gasteiger partial charge >= 0.3 is 0 Å². The number of nitro benzene ring substituents is 1. The molecule has 0 aromatic heterocycles. The Labute approximate surface area is 173 Å². The van der Waals surface area contributed by atoms with Gasteiger partial charge in [0.05, 0.1) is 15.9 Å². The number of non-ortho nitro benzene ring substituents is 1. The molecule has 3 aromatic carbocycles. The molecular formula is C22H18N2O5S. The molecule has 4 rings (SSSR count). The number of Topliss-reactive ketones (excluding diaryl/α,β-unsaturated/α-hetero) is 1. The van der Waals surface area contributed by atoms with Crippen molar-refractivity contribution in [2.45, 2.75) is 23.9 Å². The van der Waals surface area contributed by atoms with Crippen LogP contribution in [0.5, 0.6) is 0 Å². The predicted octanol–water partition coefficient (Wildman–Crippen LogP) is 3.90. The number of nitro groups is 1. The molecule has 152 valence electrons. The molecule has 0 aliphatic carbocycles. The molecule has 1 aliphatic heterocycles. The summed E-state index contributed by atoms with van der Waals surface area (Å²) in [7, 11) is -3.97. The van der Waals surface area contributed by atoms with Crippen molar-refractivity contribution < 1.29 is 18.1 Å². The Hall–Kier alpha value is -3.36. The molecule has 1 heterocycles. The fraction of sp³-hybridized carbons (Fsp3) is 0.136. The number of carbonyl (C=O) groups is 1. The Morgan fingerprint density at radius 3 is 2.27 bits per heavy atom. The fourth-order valence-corrected chi connectivity index (χ4v) is 5.24. The largest absolute Gasteiger partial charge is 0.292 e. The van der Waals surface area contributed by atoms with E-state index in [2.05, 4.69) is 0 Å². The van der Waals surface area contributed by atoms with Crippen molar-refractivity contribution in [3.05, 3.63) is 106 Å². The third-order valence-electron chi connectivity index (χ3n) is 5.10. The zero-order chi connectivity index (χ0) is 21.5. The molecule has 3 atom stereocenters. The quantitative estimate of drug-likeness (QED) is 0.260. The van der Waals surface area contributed by atoms with Crippen LogP contribution in [0, 0.1) is 17.0 Å². The van der Waals surface area contributed by atoms with Gasteiger partial charge in [0.2, 0.25) is 10.0 Å². The predicted molar refractivity (Wildman–Crippen MR) is 111 cm³/mol. The lowest BCUT2D eigenvalue weighted by Gasteiger charge is -2.07. The van der Waals surface area contributed by atoms with Gasteiger partial charge in [-0.3, -0.25) is 14.9 Å². The van der Waals surface area contributed by atoms with Gasteiger partial charge in [0.25, 0.3) is 5.69 Å². The van der Waals surface area contributed by atoms with E-state index in [1.165, 1.54) is 30.3 Å². The summed E-state index contributed by atoms with van der Waals surface area (Å²) < 4.78 is 27.7. The summed E-state index contributed by atoms with van der Waals surface area (Å²) in [5.41, 5.74) is 1.55. The molecule has 0 spiro atoms. The molecule has 8 heteroatoms. The molecule has 0 radical (unpaired) electrons. The highest BCUT2D eigenvalue weighted by Gasteiger charge is 2.60. The third kappa shape index (κ3) is 3.51. The number of carbonyl (C=O) groups excluding carboxylic acids is 1. The lowest BCUT2D eigenvalue weighted by molar-refractivity contribution is -0.384. The van der Waals surface area contributed by atoms with Crippen LogP contribution in [-0.4, -0.2) is 29.5 Å². The van der Waals surface area contributed by atoms with E-state index in [4.69, 9.17) is 0 Å². The molecule has 30 heavy (non-hydrogen) atoms. The maximum Gasteiger partial charge on any atom is 0.269 e. The second kappa shape index (κ2) is 7.47. The van der Waals surface area contributed by atoms with Crippen LogP contribution < -0.4 is 0 Å². The highest BCUT2D eigenvalue weighted by Crippen LogP contribution is 2.49. The third-order valence-corrected chi connectivity index (χ3v) is 6.98. The van der Waals surface area contributed by atoms with Crippen LogP contribution in [0.2, 0.25) is 0 Å². The standard InChI is InChI=1S/C22H18N2O5S/c1-15-10-12-19(13-11-15)30(28,29)23-20(17-8-5-9-18(14-17)24(26)27)21(23)22(25)16-6-3-2-4-7-16/h2-14,20-21H,1H3/t20-,21+,23?/m0/s1. The Balaban J connectivity index is 1.78. The van der Waals surface area contributed by atoms with Crippen molar-refractivity contribution in [2.75, 3.05) is 0 Å². The number of aryl methyl sites for hydroxylation is 1. The van der Waals surface area contributed by atoms with E-state index in [1.54, 1.807) is 48.5 Å². The molecule has 1 saturated heterocycles. The van der Waals surface area contributed by atoms with Gasteiger partial charge in [0.1, 0.15) is 6.04 Å². The van der Waals surface area contributed by atoms with Crippen molar-refractivity contribution in [1.29, 1.82) is 0 Å². The number of rotatable bonds is 6. The molecule has 1 unspecified atom stereocenters. The summed E-state index contributed by atoms with van der Waals surface area (Å²) in [6.07, 6.45) is 0. The van der Waals surface area contributed by atoms with Crippen LogP contribution in [0.15, 0.2) is 83.8 Å². The highest BCUT2D eigenvalue weighted by molar-refractivity contribution is 7.89. The lowest BCUT2D eigenvalue weighted by atomic mass is 10.0. The van der Waals surface area contributed by atoms with Crippen LogP contribution in [0.25, 0.3) is 0 Å². The monoisotopic (exact) mass is 422 g/mol. The summed E-state index contributed by atoms with van der Waals surface area (Å²) >= 11 is 0. The van der Waals surface area contributed by atoms with Crippen LogP contribution in [-0.2, 0) is 10.0 Å². The van der Waals surface area contributed by atoms with Gasteiger partial charge in [0, 0.05) is 17.7 Å². The summed E-state index contributed by atoms with van der Waals surface area (Å²) in [5.74, 6) is -0.345. The Morgan fingerprint density at radius 1 is 0.967 bits per heavy atom. The Kier molecular flexibility index (Phi) is 4.97. The number of sulfonamides is 1. The number of nitrogens with zero attached hydrogens (tertiary/aromatic N) is 2. The van der Waals surface area contributed by atoms with Crippen LogP contribution >= 0.6 is 0 Å². The summed E-state index contributed by atoms with van der Waals surface area (Å²) in [6, 6.07) is 18.8. The van der Waals surface area contributed by atoms with Gasteiger partial charge in [-0.1, -0.05) is 60.2 Å². The van der Waals surface area contributed by atoms with E-state index < -0.39 is 27.0 Å². The van der Waals surface area contributed by atoms with Crippen LogP contribution in [0.4, 0.5) is 5.69 Å². The molecule has 3 aromatic rings. The minimum atomic E-state index is -3.97. The first-order valence-electron chi connectivity index (χ1n) is 9.24. The number of ketones is 1. The zero-order valence-electron chi connectivity index (χ0n) is 16.0. The summed E-state index contributed by atoms with van der Waals surface area (Å²) in [5, 5.41) is 11.2. The molecule has 1 aliphatic rings. The minimum Gasteiger partial charge on any atom is -0.292 e. The van der Waals surface area contributed by atoms with E-state index in [0.29, 0.717) is 11.1 Å². The topological polar surface area (TPSA) is 97.4 Å². The zero-order valence-corrected chi connectivity index (χ0v) is 16.8. The first-order chi connectivity index (χ1) is 14.3. The van der Waals surface area contributed by atoms with Crippen molar-refractivity contribution in [3.8, 4) is 0 Å². The van der Waals surface area contributed by atoms with Gasteiger partial charge < -0.3 is 0 Å². The second-order valence-electron chi connectivity index (χ2n) is 7.12. The van der Waals surface area contributed by atoms with Gasteiger partial charge in [-0.2, -0.15) is 4.31 Å². The first-order valence-corrected chi connectivity index (χ1v) is 10.7. The Bertz CT molecular complexity index is 1220. The SMILES string of the molecule is Cc1ccc(S(=O)(=O)N2[C@@H](C(=O)c3ccccc3)[C@@H]2c2cccc([N+](=O)[O-])c2)cc1. The van der Waals surface area contributed by atoms with E-state index in [1.807, 2.05) is 6.92 Å². The molecule has 0 saturated carbocycles. The summed E-state index contributed by atoms with van der Waals surface area (Å²) in [6.45, 7) is 1.85. The molecule has 0 bridgehead atoms. The fourth-order valence-electron chi connectivity index (χ4n) is 3.53. The van der Waals surface area contributed by atoms with Crippen molar-refractivity contribution in [2.24, 2.45) is 0 Å². The maximum atomic E-state index is 13.3. The molecule has 1 fully saturated rings. The number of benzene rings is 3. The lowest BCUT2D eigenvalue weighted by Crippen LogP contribution is -2.19. The average molecular weight is 422 g/mol. The van der Waals surface area contributed by atoms with Crippen molar-refractivity contribution >= 4 is 21.5 Å². The molecule has 0 amide bonds. The second-order valence-corrected chi connectivity index (χ2v) is 8.96. The minimum absolute atomic E-state index is 0.0758. The molecule has 7 nitrogen and oxygen atoms in total. The normalized spacial score (nSPS) is 20.5. The Morgan fingerprint density at radius 2 is 1.63 bits per heavy atom. The first kappa shape index (κ1) is 19.9. The average Bonchev–Trinajstić information content (AvgIpc) is 3.51. The van der Waals surface area contributed by atoms with E-state index in [-0.39, 0.29) is 16.4 Å². The molecule has 0 N–H and O–H groups in total. The van der Waals surface area contributed by atoms with Gasteiger partial charge in [-0.25, -0.2) is 8.42 Å². The number of hydrogen-bond acceptors (Lipinski definition) is 5. The van der Waals surface area contributed by atoms with E-state index >= 15 is 0 Å². The highest BCUT2D eigenvalue weighted by atomic mass is 32.2. The van der Waals surface area contributed by atoms with Gasteiger partial charge in [0.15, 0.2) is 5.78 Å². The molecular weight excluding hydrogens is 404 g/mol. The van der Waals surface area contributed by atoms with E-state index in [0.717, 1.165) is 9.87 Å². The maximum absolute atomic E-state index is 13.3. The van der Waals surface area contributed by atoms with Crippen molar-refractivity contribution in [3.63, 3.8) is 0 Å². The summed E-state index contributed by atoms with van der Waals surface area (Å²) in [4.78, 5) is 23.8. The van der Waals surface area contributed by atoms with Crippen LogP contribution in [0.3, 0.4) is 0 Å². The van der Waals surface area contributed by atoms with E-state index in [9.17, 15) is 23.3 Å². The smallest absolute Gasteiger partial charge is 0.269 e. The number of hydrogen-bond donors (Lipinski definition) is 0. The van der Waals surface area contributed by atoms with Crippen LogP contribution in [0.1, 0.15) is 27.5 Å². The van der Waals surface area contributed by atoms with Gasteiger partial charge in [-0.15, -0.1) is 0 Å². The van der Waals surface area contributed by atoms with Crippen molar-refractivity contribution in [1.82, 2.24) is 4.31 Å². The van der Waals surface area contributed by atoms with Gasteiger partial charge in [-0.05, 0) is 24.6 Å².